The fraction of sp³-hybridized carbons (Fsp3) is 0.438. The second kappa shape index (κ2) is 5.53. The van der Waals surface area contributed by atoms with Crippen molar-refractivity contribution in [2.45, 2.75) is 31.8 Å². The van der Waals surface area contributed by atoms with Crippen LogP contribution >= 0.6 is 0 Å². The van der Waals surface area contributed by atoms with E-state index >= 15 is 0 Å². The summed E-state index contributed by atoms with van der Waals surface area (Å²) in [6.07, 6.45) is 9.34. The smallest absolute Gasteiger partial charge is 0.155 e. The zero-order valence-corrected chi connectivity index (χ0v) is 12.8. The molecule has 0 aromatic carbocycles. The second-order valence-corrected chi connectivity index (χ2v) is 5.91. The molecule has 1 unspecified atom stereocenters. The Morgan fingerprint density at radius 3 is 2.91 bits per heavy atom. The van der Waals surface area contributed by atoms with E-state index in [0.717, 1.165) is 30.9 Å². The van der Waals surface area contributed by atoms with Gasteiger partial charge in [0, 0.05) is 32.1 Å². The van der Waals surface area contributed by atoms with Crippen LogP contribution in [0.2, 0.25) is 0 Å². The van der Waals surface area contributed by atoms with Gasteiger partial charge in [-0.05, 0) is 31.5 Å². The third kappa shape index (κ3) is 2.39. The minimum Gasteiger partial charge on any atom is -0.289 e. The summed E-state index contributed by atoms with van der Waals surface area (Å²) in [6, 6.07) is 6.53. The quantitative estimate of drug-likeness (QED) is 0.743. The fourth-order valence-corrected chi connectivity index (χ4v) is 3.29. The molecule has 114 valence electrons. The molecule has 22 heavy (non-hydrogen) atoms. The lowest BCUT2D eigenvalue weighted by Gasteiger charge is -2.35. The number of hydrogen-bond donors (Lipinski definition) is 0. The zero-order chi connectivity index (χ0) is 14.9. The van der Waals surface area contributed by atoms with Gasteiger partial charge in [-0.2, -0.15) is 10.2 Å². The van der Waals surface area contributed by atoms with Crippen LogP contribution < -0.4 is 0 Å². The topological polar surface area (TPSA) is 51.2 Å². The Hall–Kier alpha value is -2.21. The van der Waals surface area contributed by atoms with Crippen LogP contribution in [-0.4, -0.2) is 35.8 Å². The Bertz CT molecular complexity index is 774. The largest absolute Gasteiger partial charge is 0.289 e. The average Bonchev–Trinajstić information content (AvgIpc) is 3.16. The molecule has 4 heterocycles. The van der Waals surface area contributed by atoms with Gasteiger partial charge in [0.1, 0.15) is 0 Å². The highest BCUT2D eigenvalue weighted by molar-refractivity contribution is 5.37. The van der Waals surface area contributed by atoms with Gasteiger partial charge >= 0.3 is 0 Å². The van der Waals surface area contributed by atoms with Crippen molar-refractivity contribution in [3.05, 3.63) is 48.2 Å². The van der Waals surface area contributed by atoms with E-state index in [1.807, 2.05) is 34.7 Å². The van der Waals surface area contributed by atoms with Gasteiger partial charge in [-0.15, -0.1) is 0 Å². The molecule has 3 aromatic heterocycles. The van der Waals surface area contributed by atoms with E-state index in [1.54, 1.807) is 6.20 Å². The summed E-state index contributed by atoms with van der Waals surface area (Å²) in [5.74, 6) is 0. The summed E-state index contributed by atoms with van der Waals surface area (Å²) in [5.41, 5.74) is 3.32. The maximum Gasteiger partial charge on any atom is 0.155 e. The highest BCUT2D eigenvalue weighted by atomic mass is 15.3. The van der Waals surface area contributed by atoms with Crippen molar-refractivity contribution in [2.75, 3.05) is 6.54 Å². The molecule has 1 saturated heterocycles. The number of aryl methyl sites for hydroxylation is 1. The second-order valence-electron chi connectivity index (χ2n) is 5.91. The Balaban J connectivity index is 1.63. The van der Waals surface area contributed by atoms with Crippen LogP contribution in [0.15, 0.2) is 36.8 Å². The number of piperidine rings is 1. The number of rotatable bonds is 3. The molecule has 0 saturated carbocycles. The van der Waals surface area contributed by atoms with Gasteiger partial charge < -0.3 is 0 Å². The lowest BCUT2D eigenvalue weighted by atomic mass is 9.99. The first-order valence-electron chi connectivity index (χ1n) is 7.82. The van der Waals surface area contributed by atoms with Gasteiger partial charge in [-0.1, -0.05) is 6.42 Å². The standard InChI is InChI=1S/C16H20N6/c1-20-13(5-8-17-20)12-21-10-3-2-4-15(21)14-7-11-22-16(19-14)6-9-18-22/h5-9,11,15H,2-4,10,12H2,1H3. The molecule has 1 aliphatic heterocycles. The molecule has 0 bridgehead atoms. The minimum absolute atomic E-state index is 0.378. The molecule has 3 aromatic rings. The van der Waals surface area contributed by atoms with Gasteiger partial charge in [0.25, 0.3) is 0 Å². The maximum absolute atomic E-state index is 4.80. The van der Waals surface area contributed by atoms with Gasteiger partial charge in [-0.3, -0.25) is 9.58 Å². The molecule has 6 heteroatoms. The monoisotopic (exact) mass is 296 g/mol. The van der Waals surface area contributed by atoms with Crippen molar-refractivity contribution < 1.29 is 0 Å². The first-order valence-corrected chi connectivity index (χ1v) is 7.82. The number of fused-ring (bicyclic) bond motifs is 1. The van der Waals surface area contributed by atoms with Gasteiger partial charge in [0.05, 0.1) is 23.6 Å². The Labute approximate surface area is 129 Å². The molecule has 0 amide bonds. The number of nitrogens with zero attached hydrogens (tertiary/aromatic N) is 6. The summed E-state index contributed by atoms with van der Waals surface area (Å²) in [4.78, 5) is 7.32. The third-order valence-electron chi connectivity index (χ3n) is 4.52. The molecule has 1 fully saturated rings. The number of likely N-dealkylation sites (tertiary alicyclic amines) is 1. The third-order valence-corrected chi connectivity index (χ3v) is 4.52. The normalized spacial score (nSPS) is 19.8. The zero-order valence-electron chi connectivity index (χ0n) is 12.8. The van der Waals surface area contributed by atoms with Crippen LogP contribution in [0, 0.1) is 0 Å². The van der Waals surface area contributed by atoms with Gasteiger partial charge in [0.15, 0.2) is 5.65 Å². The van der Waals surface area contributed by atoms with E-state index in [9.17, 15) is 0 Å². The lowest BCUT2D eigenvalue weighted by Crippen LogP contribution is -2.34. The van der Waals surface area contributed by atoms with Crippen molar-refractivity contribution in [3.8, 4) is 0 Å². The maximum atomic E-state index is 4.80. The highest BCUT2D eigenvalue weighted by Crippen LogP contribution is 2.31. The van der Waals surface area contributed by atoms with Crippen LogP contribution in [0.3, 0.4) is 0 Å². The molecule has 6 nitrogen and oxygen atoms in total. The van der Waals surface area contributed by atoms with E-state index in [0.29, 0.717) is 6.04 Å². The molecule has 0 N–H and O–H groups in total. The summed E-state index contributed by atoms with van der Waals surface area (Å²) in [7, 11) is 2.00. The summed E-state index contributed by atoms with van der Waals surface area (Å²) >= 11 is 0. The van der Waals surface area contributed by atoms with Crippen molar-refractivity contribution in [3.63, 3.8) is 0 Å². The molecule has 1 aliphatic rings. The average molecular weight is 296 g/mol. The molecule has 1 atom stereocenters. The van der Waals surface area contributed by atoms with E-state index in [2.05, 4.69) is 27.2 Å². The van der Waals surface area contributed by atoms with Gasteiger partial charge in [-0.25, -0.2) is 9.50 Å². The summed E-state index contributed by atoms with van der Waals surface area (Å²) < 4.78 is 3.77. The first kappa shape index (κ1) is 13.5. The minimum atomic E-state index is 0.378. The summed E-state index contributed by atoms with van der Waals surface area (Å²) in [6.45, 7) is 2.04. The highest BCUT2D eigenvalue weighted by Gasteiger charge is 2.26. The molecule has 0 radical (unpaired) electrons. The van der Waals surface area contributed by atoms with Crippen LogP contribution in [0.5, 0.6) is 0 Å². The van der Waals surface area contributed by atoms with Crippen molar-refractivity contribution in [2.24, 2.45) is 7.05 Å². The van der Waals surface area contributed by atoms with Crippen molar-refractivity contribution in [1.29, 1.82) is 0 Å². The van der Waals surface area contributed by atoms with Crippen LogP contribution in [0.4, 0.5) is 0 Å². The van der Waals surface area contributed by atoms with Crippen LogP contribution in [0.1, 0.15) is 36.7 Å². The van der Waals surface area contributed by atoms with E-state index in [-0.39, 0.29) is 0 Å². The number of aromatic nitrogens is 5. The Morgan fingerprint density at radius 2 is 2.05 bits per heavy atom. The number of hydrogen-bond acceptors (Lipinski definition) is 4. The SMILES string of the molecule is Cn1nccc1CN1CCCCC1c1ccn2nccc2n1. The van der Waals surface area contributed by atoms with E-state index in [4.69, 9.17) is 4.98 Å². The predicted octanol–water partition coefficient (Wildman–Crippen LogP) is 2.19. The molecular formula is C16H20N6. The van der Waals surface area contributed by atoms with E-state index in [1.165, 1.54) is 18.5 Å². The van der Waals surface area contributed by atoms with Gasteiger partial charge in [0.2, 0.25) is 0 Å². The fourth-order valence-electron chi connectivity index (χ4n) is 3.29. The molecule has 0 spiro atoms. The molecular weight excluding hydrogens is 276 g/mol. The van der Waals surface area contributed by atoms with Crippen molar-refractivity contribution in [1.82, 2.24) is 29.3 Å². The molecule has 4 rings (SSSR count). The first-order chi connectivity index (χ1) is 10.8. The van der Waals surface area contributed by atoms with Crippen LogP contribution in [-0.2, 0) is 13.6 Å². The Kier molecular flexibility index (Phi) is 3.38. The predicted molar refractivity (Wildman–Crippen MR) is 83.2 cm³/mol. The summed E-state index contributed by atoms with van der Waals surface area (Å²) in [5, 5.41) is 8.50. The van der Waals surface area contributed by atoms with Crippen LogP contribution in [0.25, 0.3) is 5.65 Å². The Morgan fingerprint density at radius 1 is 1.14 bits per heavy atom. The van der Waals surface area contributed by atoms with E-state index < -0.39 is 0 Å². The molecule has 0 aliphatic carbocycles. The van der Waals surface area contributed by atoms with Crippen molar-refractivity contribution >= 4 is 5.65 Å². The lowest BCUT2D eigenvalue weighted by molar-refractivity contribution is 0.134.